The predicted molar refractivity (Wildman–Crippen MR) is 91.3 cm³/mol. The highest BCUT2D eigenvalue weighted by Crippen LogP contribution is 2.65. The summed E-state index contributed by atoms with van der Waals surface area (Å²) in [4.78, 5) is 0. The highest BCUT2D eigenvalue weighted by atomic mass is 19.4. The molecule has 1 saturated heterocycles. The van der Waals surface area contributed by atoms with Gasteiger partial charge in [0.2, 0.25) is 11.8 Å². The second-order valence-corrected chi connectivity index (χ2v) is 7.47. The van der Waals surface area contributed by atoms with E-state index in [2.05, 4.69) is 0 Å². The molecular weight excluding hydrogens is 393 g/mol. The Morgan fingerprint density at radius 3 is 2.52 bits per heavy atom. The van der Waals surface area contributed by atoms with Crippen molar-refractivity contribution in [3.8, 4) is 23.5 Å². The number of aromatic nitrogens is 1. The van der Waals surface area contributed by atoms with E-state index in [4.69, 9.17) is 10.00 Å². The maximum atomic E-state index is 13.3. The fourth-order valence-corrected chi connectivity index (χ4v) is 4.55. The lowest BCUT2D eigenvalue weighted by molar-refractivity contribution is -0.137. The number of aliphatic hydroxyl groups is 2. The molecule has 154 valence electrons. The summed E-state index contributed by atoms with van der Waals surface area (Å²) in [6.45, 7) is 1.18. The van der Waals surface area contributed by atoms with Gasteiger partial charge in [0.05, 0.1) is 40.1 Å². The smallest absolute Gasteiger partial charge is 0.417 e. The van der Waals surface area contributed by atoms with Gasteiger partial charge in [-0.3, -0.25) is 4.57 Å². The molecule has 1 fully saturated rings. The van der Waals surface area contributed by atoms with E-state index in [9.17, 15) is 33.6 Å². The van der Waals surface area contributed by atoms with E-state index in [-0.39, 0.29) is 36.3 Å². The lowest BCUT2D eigenvalue weighted by Gasteiger charge is -2.26. The summed E-state index contributed by atoms with van der Waals surface area (Å²) >= 11 is 0. The summed E-state index contributed by atoms with van der Waals surface area (Å²) in [5, 5.41) is 50.5. The number of benzene rings is 1. The van der Waals surface area contributed by atoms with Gasteiger partial charge in [-0.25, -0.2) is 0 Å². The quantitative estimate of drug-likeness (QED) is 0.617. The zero-order chi connectivity index (χ0) is 21.4. The van der Waals surface area contributed by atoms with E-state index in [1.165, 1.54) is 19.1 Å². The van der Waals surface area contributed by atoms with Gasteiger partial charge >= 0.3 is 6.18 Å². The fourth-order valence-electron chi connectivity index (χ4n) is 4.55. The Kier molecular flexibility index (Phi) is 3.97. The van der Waals surface area contributed by atoms with Crippen LogP contribution < -0.4 is 0 Å². The molecule has 4 N–H and O–H groups in total. The van der Waals surface area contributed by atoms with Gasteiger partial charge in [0, 0.05) is 19.4 Å². The summed E-state index contributed by atoms with van der Waals surface area (Å²) in [6, 6.07) is 4.25. The van der Waals surface area contributed by atoms with Crippen LogP contribution in [0.1, 0.15) is 42.0 Å². The Balaban J connectivity index is 1.97. The minimum atomic E-state index is -4.81. The van der Waals surface area contributed by atoms with Crippen molar-refractivity contribution in [3.63, 3.8) is 0 Å². The third kappa shape index (κ3) is 2.41. The predicted octanol–water partition coefficient (Wildman–Crippen LogP) is 2.37. The highest BCUT2D eigenvalue weighted by Gasteiger charge is 2.65. The number of hydrogen-bond donors (Lipinski definition) is 4. The molecule has 0 saturated carbocycles. The van der Waals surface area contributed by atoms with Crippen molar-refractivity contribution in [3.05, 3.63) is 40.5 Å². The van der Waals surface area contributed by atoms with E-state index in [1.54, 1.807) is 0 Å². The number of aromatic hydroxyl groups is 2. The van der Waals surface area contributed by atoms with Crippen molar-refractivity contribution in [2.45, 2.75) is 43.2 Å². The number of nitrogens with zero attached hydrogens (tertiary/aromatic N) is 2. The van der Waals surface area contributed by atoms with Gasteiger partial charge in [-0.15, -0.1) is 0 Å². The second kappa shape index (κ2) is 5.89. The van der Waals surface area contributed by atoms with Gasteiger partial charge in [-0.2, -0.15) is 18.4 Å². The molecule has 0 radical (unpaired) electrons. The molecule has 10 heteroatoms. The van der Waals surface area contributed by atoms with Gasteiger partial charge in [-0.05, 0) is 25.1 Å². The monoisotopic (exact) mass is 410 g/mol. The minimum absolute atomic E-state index is 0.0187. The van der Waals surface area contributed by atoms with Crippen LogP contribution in [0.4, 0.5) is 13.2 Å². The van der Waals surface area contributed by atoms with Gasteiger partial charge in [0.15, 0.2) is 0 Å². The number of rotatable bonds is 3. The van der Waals surface area contributed by atoms with E-state index in [0.29, 0.717) is 6.07 Å². The normalized spacial score (nSPS) is 27.8. The zero-order valence-corrected chi connectivity index (χ0v) is 15.2. The molecule has 0 spiro atoms. The first-order valence-electron chi connectivity index (χ1n) is 8.78. The van der Waals surface area contributed by atoms with Gasteiger partial charge in [0.1, 0.15) is 11.2 Å². The molecule has 1 aromatic heterocycles. The Labute approximate surface area is 162 Å². The average Bonchev–Trinajstić information content (AvgIpc) is 3.16. The lowest BCUT2D eigenvalue weighted by Crippen LogP contribution is -2.33. The summed E-state index contributed by atoms with van der Waals surface area (Å²) in [6.07, 6.45) is -5.79. The van der Waals surface area contributed by atoms with Crippen LogP contribution in [0.3, 0.4) is 0 Å². The number of aliphatic hydroxyl groups excluding tert-OH is 2. The Morgan fingerprint density at radius 1 is 1.28 bits per heavy atom. The average molecular weight is 410 g/mol. The van der Waals surface area contributed by atoms with Gasteiger partial charge < -0.3 is 25.2 Å². The molecule has 1 aromatic carbocycles. The number of halogens is 3. The first-order chi connectivity index (χ1) is 13.5. The van der Waals surface area contributed by atoms with Crippen molar-refractivity contribution < 1.29 is 38.3 Å². The number of nitriles is 1. The zero-order valence-electron chi connectivity index (χ0n) is 15.2. The SMILES string of the molecule is C[C@@]12O[C@@](CCO)(C[C@H]1O)c1c2c(O)n(-c2ccc(C#N)c(C(F)(F)F)c2)c1O. The van der Waals surface area contributed by atoms with Gasteiger partial charge in [0.25, 0.3) is 0 Å². The van der Waals surface area contributed by atoms with Crippen molar-refractivity contribution in [2.75, 3.05) is 6.61 Å². The lowest BCUT2D eigenvalue weighted by atomic mass is 9.76. The second-order valence-electron chi connectivity index (χ2n) is 7.47. The Bertz CT molecular complexity index is 1060. The van der Waals surface area contributed by atoms with Crippen LogP contribution in [-0.2, 0) is 22.1 Å². The number of alkyl halides is 3. The maximum absolute atomic E-state index is 13.3. The van der Waals surface area contributed by atoms with Crippen LogP contribution in [-0.4, -0.2) is 37.7 Å². The Hall–Kier alpha value is -2.74. The molecule has 0 aliphatic carbocycles. The molecule has 2 aromatic rings. The number of fused-ring (bicyclic) bond motifs is 5. The summed E-state index contributed by atoms with van der Waals surface area (Å²) in [7, 11) is 0. The fraction of sp³-hybridized carbons (Fsp3) is 0.421. The van der Waals surface area contributed by atoms with Crippen LogP contribution in [0.5, 0.6) is 11.8 Å². The summed E-state index contributed by atoms with van der Waals surface area (Å²) < 4.78 is 46.7. The maximum Gasteiger partial charge on any atom is 0.417 e. The molecule has 3 heterocycles. The Morgan fingerprint density at radius 2 is 1.93 bits per heavy atom. The first kappa shape index (κ1) is 19.6. The van der Waals surface area contributed by atoms with Crippen molar-refractivity contribution in [1.29, 1.82) is 5.26 Å². The molecule has 7 nitrogen and oxygen atoms in total. The summed E-state index contributed by atoms with van der Waals surface area (Å²) in [5.41, 5.74) is -4.48. The van der Waals surface area contributed by atoms with Crippen molar-refractivity contribution in [2.24, 2.45) is 0 Å². The third-order valence-corrected chi connectivity index (χ3v) is 5.84. The molecule has 2 bridgehead atoms. The molecule has 0 unspecified atom stereocenters. The van der Waals surface area contributed by atoms with Crippen LogP contribution in [0, 0.1) is 11.3 Å². The van der Waals surface area contributed by atoms with Crippen LogP contribution in [0.25, 0.3) is 5.69 Å². The highest BCUT2D eigenvalue weighted by molar-refractivity contribution is 5.62. The van der Waals surface area contributed by atoms with Crippen LogP contribution >= 0.6 is 0 Å². The summed E-state index contributed by atoms with van der Waals surface area (Å²) in [5.74, 6) is -1.11. The van der Waals surface area contributed by atoms with Crippen molar-refractivity contribution >= 4 is 0 Å². The number of hydrogen-bond acceptors (Lipinski definition) is 6. The molecule has 0 amide bonds. The van der Waals surface area contributed by atoms with Gasteiger partial charge in [-0.1, -0.05) is 0 Å². The topological polar surface area (TPSA) is 119 Å². The van der Waals surface area contributed by atoms with E-state index in [1.807, 2.05) is 0 Å². The third-order valence-electron chi connectivity index (χ3n) is 5.84. The number of ether oxygens (including phenoxy) is 1. The molecule has 2 aliphatic heterocycles. The largest absolute Gasteiger partial charge is 0.494 e. The molecule has 3 atom stereocenters. The molecule has 4 rings (SSSR count). The standard InChI is InChI=1S/C19H17F3N2O5/c1-17-12(26)7-18(29-17,4-5-25)14-13(17)15(27)24(16(14)28)10-3-2-9(8-23)11(6-10)19(20,21)22/h2-3,6,12,25-28H,4-5,7H2,1H3/t12-,17-,18+/m1/s1. The minimum Gasteiger partial charge on any atom is -0.494 e. The van der Waals surface area contributed by atoms with Crippen molar-refractivity contribution in [1.82, 2.24) is 4.57 Å². The van der Waals surface area contributed by atoms with Crippen LogP contribution in [0.15, 0.2) is 18.2 Å². The molecule has 2 aliphatic rings. The van der Waals surface area contributed by atoms with E-state index < -0.39 is 46.4 Å². The first-order valence-corrected chi connectivity index (χ1v) is 8.78. The molecule has 29 heavy (non-hydrogen) atoms. The molecular formula is C19H17F3N2O5. The van der Waals surface area contributed by atoms with Crippen LogP contribution in [0.2, 0.25) is 0 Å². The van der Waals surface area contributed by atoms with E-state index in [0.717, 1.165) is 10.6 Å². The van der Waals surface area contributed by atoms with E-state index >= 15 is 0 Å².